The number of thioether (sulfide) groups is 1. The van der Waals surface area contributed by atoms with E-state index in [0.717, 1.165) is 27.9 Å². The Balaban J connectivity index is 1.78. The number of nitrogens with one attached hydrogen (secondary N) is 1. The van der Waals surface area contributed by atoms with Crippen LogP contribution in [0.4, 0.5) is 0 Å². The molecule has 0 saturated heterocycles. The Morgan fingerprint density at radius 2 is 2.15 bits per heavy atom. The van der Waals surface area contributed by atoms with Crippen molar-refractivity contribution in [2.24, 2.45) is 0 Å². The summed E-state index contributed by atoms with van der Waals surface area (Å²) in [5.41, 5.74) is 0.943. The fourth-order valence-electron chi connectivity index (χ4n) is 1.66. The Kier molecular flexibility index (Phi) is 6.10. The third-order valence-corrected chi connectivity index (χ3v) is 4.46. The molecule has 1 atom stereocenters. The van der Waals surface area contributed by atoms with Gasteiger partial charge in [0, 0.05) is 46.8 Å². The van der Waals surface area contributed by atoms with Crippen molar-refractivity contribution in [3.8, 4) is 0 Å². The zero-order valence-electron chi connectivity index (χ0n) is 11.0. The topological polar surface area (TPSA) is 37.8 Å². The quantitative estimate of drug-likeness (QED) is 0.636. The maximum absolute atomic E-state index is 6.12. The summed E-state index contributed by atoms with van der Waals surface area (Å²) in [7, 11) is 0. The fourth-order valence-corrected chi connectivity index (χ4v) is 3.04. The molecule has 1 unspecified atom stereocenters. The number of halogens is 2. The van der Waals surface area contributed by atoms with E-state index in [1.54, 1.807) is 36.4 Å². The van der Waals surface area contributed by atoms with E-state index in [9.17, 15) is 0 Å². The molecule has 1 N–H and O–H groups in total. The lowest BCUT2D eigenvalue weighted by Crippen LogP contribution is -2.22. The summed E-state index contributed by atoms with van der Waals surface area (Å²) < 4.78 is 0. The molecule has 106 valence electrons. The van der Waals surface area contributed by atoms with Crippen molar-refractivity contribution in [3.05, 3.63) is 52.5 Å². The Labute approximate surface area is 133 Å². The van der Waals surface area contributed by atoms with Crippen LogP contribution in [0.3, 0.4) is 0 Å². The van der Waals surface area contributed by atoms with Gasteiger partial charge >= 0.3 is 0 Å². The molecule has 1 aromatic heterocycles. The van der Waals surface area contributed by atoms with Crippen LogP contribution in [0.5, 0.6) is 0 Å². The average molecular weight is 328 g/mol. The molecule has 0 radical (unpaired) electrons. The van der Waals surface area contributed by atoms with Gasteiger partial charge in [0.25, 0.3) is 0 Å². The van der Waals surface area contributed by atoms with E-state index in [1.807, 2.05) is 12.1 Å². The maximum Gasteiger partial charge on any atom is 0.0753 e. The fraction of sp³-hybridized carbons (Fsp3) is 0.286. The molecule has 0 spiro atoms. The van der Waals surface area contributed by atoms with Crippen LogP contribution >= 0.6 is 35.0 Å². The van der Waals surface area contributed by atoms with Gasteiger partial charge in [-0.15, -0.1) is 11.8 Å². The highest BCUT2D eigenvalue weighted by molar-refractivity contribution is 7.99. The van der Waals surface area contributed by atoms with Gasteiger partial charge in [0.2, 0.25) is 0 Å². The highest BCUT2D eigenvalue weighted by atomic mass is 35.5. The molecule has 0 aliphatic carbocycles. The van der Waals surface area contributed by atoms with Gasteiger partial charge in [-0.25, -0.2) is 0 Å². The minimum Gasteiger partial charge on any atom is -0.308 e. The first-order valence-corrected chi connectivity index (χ1v) is 7.98. The molecular weight excluding hydrogens is 313 g/mol. The van der Waals surface area contributed by atoms with Crippen LogP contribution in [-0.2, 0) is 0 Å². The van der Waals surface area contributed by atoms with Crippen LogP contribution in [0.15, 0.2) is 41.7 Å². The average Bonchev–Trinajstić information content (AvgIpc) is 2.47. The van der Waals surface area contributed by atoms with Gasteiger partial charge in [0.1, 0.15) is 0 Å². The molecular formula is C14H15Cl2N3S. The highest BCUT2D eigenvalue weighted by Crippen LogP contribution is 2.29. The van der Waals surface area contributed by atoms with Gasteiger partial charge in [-0.1, -0.05) is 23.2 Å². The van der Waals surface area contributed by atoms with Gasteiger partial charge in [0.05, 0.1) is 10.7 Å². The SMILES string of the molecule is CC(NCCSc1cc(Cl)ccc1Cl)c1cnccn1. The molecule has 2 rings (SSSR count). The molecule has 2 aromatic rings. The first-order chi connectivity index (χ1) is 9.66. The molecule has 1 aromatic carbocycles. The summed E-state index contributed by atoms with van der Waals surface area (Å²) in [5, 5.41) is 4.85. The summed E-state index contributed by atoms with van der Waals surface area (Å²) in [6.07, 6.45) is 5.15. The van der Waals surface area contributed by atoms with E-state index in [-0.39, 0.29) is 6.04 Å². The molecule has 0 aliphatic heterocycles. The van der Waals surface area contributed by atoms with Crippen molar-refractivity contribution >= 4 is 35.0 Å². The smallest absolute Gasteiger partial charge is 0.0753 e. The van der Waals surface area contributed by atoms with Crippen molar-refractivity contribution in [1.82, 2.24) is 15.3 Å². The minimum atomic E-state index is 0.180. The number of nitrogens with zero attached hydrogens (tertiary/aromatic N) is 2. The molecule has 0 saturated carbocycles. The summed E-state index contributed by atoms with van der Waals surface area (Å²) in [4.78, 5) is 9.34. The van der Waals surface area contributed by atoms with E-state index < -0.39 is 0 Å². The zero-order chi connectivity index (χ0) is 14.4. The second-order valence-electron chi connectivity index (χ2n) is 4.23. The van der Waals surface area contributed by atoms with Gasteiger partial charge in [-0.2, -0.15) is 0 Å². The molecule has 0 aliphatic rings. The first kappa shape index (κ1) is 15.6. The predicted octanol–water partition coefficient (Wildman–Crippen LogP) is 4.23. The van der Waals surface area contributed by atoms with Crippen molar-refractivity contribution in [3.63, 3.8) is 0 Å². The van der Waals surface area contributed by atoms with Crippen molar-refractivity contribution in [1.29, 1.82) is 0 Å². The normalized spacial score (nSPS) is 12.3. The van der Waals surface area contributed by atoms with Gasteiger partial charge in [-0.05, 0) is 25.1 Å². The Morgan fingerprint density at radius 3 is 2.90 bits per heavy atom. The Morgan fingerprint density at radius 1 is 1.30 bits per heavy atom. The number of hydrogen-bond donors (Lipinski definition) is 1. The second kappa shape index (κ2) is 7.84. The van der Waals surface area contributed by atoms with Crippen molar-refractivity contribution in [2.75, 3.05) is 12.3 Å². The standard InChI is InChI=1S/C14H15Cl2N3S/c1-10(13-9-17-4-5-19-13)18-6-7-20-14-8-11(15)2-3-12(14)16/h2-5,8-10,18H,6-7H2,1H3. The number of rotatable bonds is 6. The van der Waals surface area contributed by atoms with Crippen LogP contribution in [0.2, 0.25) is 10.0 Å². The van der Waals surface area contributed by atoms with E-state index >= 15 is 0 Å². The molecule has 0 amide bonds. The lowest BCUT2D eigenvalue weighted by atomic mass is 10.2. The largest absolute Gasteiger partial charge is 0.308 e. The summed E-state index contributed by atoms with van der Waals surface area (Å²) >= 11 is 13.8. The zero-order valence-corrected chi connectivity index (χ0v) is 13.3. The summed E-state index contributed by atoms with van der Waals surface area (Å²) in [6, 6.07) is 5.68. The van der Waals surface area contributed by atoms with E-state index in [1.165, 1.54) is 0 Å². The lowest BCUT2D eigenvalue weighted by Gasteiger charge is -2.12. The number of benzene rings is 1. The lowest BCUT2D eigenvalue weighted by molar-refractivity contribution is 0.584. The molecule has 1 heterocycles. The van der Waals surface area contributed by atoms with Crippen LogP contribution in [0, 0.1) is 0 Å². The third-order valence-electron chi connectivity index (χ3n) is 2.73. The number of aromatic nitrogens is 2. The Hall–Kier alpha value is -0.810. The van der Waals surface area contributed by atoms with Crippen molar-refractivity contribution < 1.29 is 0 Å². The van der Waals surface area contributed by atoms with E-state index in [2.05, 4.69) is 22.2 Å². The Bertz CT molecular complexity index is 551. The highest BCUT2D eigenvalue weighted by Gasteiger charge is 2.06. The summed E-state index contributed by atoms with van der Waals surface area (Å²) in [5.74, 6) is 0.907. The monoisotopic (exact) mass is 327 g/mol. The van der Waals surface area contributed by atoms with Crippen LogP contribution in [0.1, 0.15) is 18.7 Å². The summed E-state index contributed by atoms with van der Waals surface area (Å²) in [6.45, 7) is 2.92. The first-order valence-electron chi connectivity index (χ1n) is 6.24. The van der Waals surface area contributed by atoms with E-state index in [4.69, 9.17) is 23.2 Å². The van der Waals surface area contributed by atoms with Gasteiger partial charge < -0.3 is 5.32 Å². The van der Waals surface area contributed by atoms with Crippen LogP contribution in [0.25, 0.3) is 0 Å². The molecule has 20 heavy (non-hydrogen) atoms. The molecule has 3 nitrogen and oxygen atoms in total. The second-order valence-corrected chi connectivity index (χ2v) is 6.21. The third kappa shape index (κ3) is 4.63. The predicted molar refractivity (Wildman–Crippen MR) is 85.6 cm³/mol. The molecule has 6 heteroatoms. The van der Waals surface area contributed by atoms with Crippen molar-refractivity contribution in [2.45, 2.75) is 17.9 Å². The van der Waals surface area contributed by atoms with Gasteiger partial charge in [0.15, 0.2) is 0 Å². The number of hydrogen-bond acceptors (Lipinski definition) is 4. The van der Waals surface area contributed by atoms with E-state index in [0.29, 0.717) is 5.02 Å². The molecule has 0 fully saturated rings. The minimum absolute atomic E-state index is 0.180. The molecule has 0 bridgehead atoms. The van der Waals surface area contributed by atoms with Gasteiger partial charge in [-0.3, -0.25) is 9.97 Å². The van der Waals surface area contributed by atoms with Crippen LogP contribution < -0.4 is 5.32 Å². The maximum atomic E-state index is 6.12. The van der Waals surface area contributed by atoms with Crippen LogP contribution in [-0.4, -0.2) is 22.3 Å².